The molecule has 0 unspecified atom stereocenters. The van der Waals surface area contributed by atoms with E-state index in [0.717, 1.165) is 24.8 Å². The summed E-state index contributed by atoms with van der Waals surface area (Å²) in [5, 5.41) is 0. The minimum atomic E-state index is -0.285. The lowest BCUT2D eigenvalue weighted by Gasteiger charge is -2.22. The summed E-state index contributed by atoms with van der Waals surface area (Å²) < 4.78 is 4.65. The smallest absolute Gasteiger partial charge is 0.307 e. The van der Waals surface area contributed by atoms with E-state index in [2.05, 4.69) is 11.7 Å². The third-order valence-electron chi connectivity index (χ3n) is 3.43. The Labute approximate surface area is 127 Å². The van der Waals surface area contributed by atoms with Crippen molar-refractivity contribution in [3.05, 3.63) is 35.4 Å². The molecule has 0 saturated heterocycles. The third-order valence-corrected chi connectivity index (χ3v) is 3.43. The molecule has 0 heterocycles. The minimum absolute atomic E-state index is 0.0185. The summed E-state index contributed by atoms with van der Waals surface area (Å²) in [5.41, 5.74) is 1.79. The number of hydrogen-bond donors (Lipinski definition) is 0. The Morgan fingerprint density at radius 2 is 1.76 bits per heavy atom. The molecule has 0 spiro atoms. The maximum Gasteiger partial charge on any atom is 0.307 e. The molecule has 4 heteroatoms. The van der Waals surface area contributed by atoms with E-state index in [0.29, 0.717) is 18.7 Å². The van der Waals surface area contributed by atoms with Crippen LogP contribution in [-0.4, -0.2) is 37.0 Å². The third kappa shape index (κ3) is 5.98. The predicted molar refractivity (Wildman–Crippen MR) is 83.2 cm³/mol. The van der Waals surface area contributed by atoms with E-state index in [-0.39, 0.29) is 18.3 Å². The van der Waals surface area contributed by atoms with Gasteiger partial charge in [-0.05, 0) is 25.5 Å². The Bertz CT molecular complexity index is 454. The Morgan fingerprint density at radius 1 is 1.10 bits per heavy atom. The molecule has 0 bridgehead atoms. The molecule has 1 amide bonds. The van der Waals surface area contributed by atoms with Gasteiger partial charge >= 0.3 is 5.97 Å². The summed E-state index contributed by atoms with van der Waals surface area (Å²) >= 11 is 0. The van der Waals surface area contributed by atoms with Crippen LogP contribution in [0.3, 0.4) is 0 Å². The van der Waals surface area contributed by atoms with Gasteiger partial charge in [0, 0.05) is 18.7 Å². The van der Waals surface area contributed by atoms with E-state index < -0.39 is 0 Å². The molecule has 0 aliphatic heterocycles. The largest absolute Gasteiger partial charge is 0.469 e. The maximum absolute atomic E-state index is 12.5. The standard InChI is InChI=1S/C17H25NO3/c1-4-5-6-12-18(13-11-16(19)21-3)17(20)15-9-7-14(2)8-10-15/h7-10H,4-6,11-13H2,1-3H3. The highest BCUT2D eigenvalue weighted by atomic mass is 16.5. The molecule has 21 heavy (non-hydrogen) atoms. The van der Waals surface area contributed by atoms with Gasteiger partial charge in [-0.25, -0.2) is 0 Å². The number of methoxy groups -OCH3 is 1. The molecule has 116 valence electrons. The Balaban J connectivity index is 2.70. The second-order valence-electron chi connectivity index (χ2n) is 5.19. The summed E-state index contributed by atoms with van der Waals surface area (Å²) in [6.45, 7) is 5.20. The van der Waals surface area contributed by atoms with Crippen molar-refractivity contribution in [2.45, 2.75) is 39.5 Å². The summed E-state index contributed by atoms with van der Waals surface area (Å²) in [5.74, 6) is -0.304. The van der Waals surface area contributed by atoms with Crippen molar-refractivity contribution in [3.63, 3.8) is 0 Å². The summed E-state index contributed by atoms with van der Waals surface area (Å²) in [7, 11) is 1.37. The molecule has 0 aromatic heterocycles. The van der Waals surface area contributed by atoms with Gasteiger partial charge < -0.3 is 9.64 Å². The highest BCUT2D eigenvalue weighted by Crippen LogP contribution is 2.09. The Hall–Kier alpha value is -1.84. The van der Waals surface area contributed by atoms with Crippen LogP contribution in [0, 0.1) is 6.92 Å². The minimum Gasteiger partial charge on any atom is -0.469 e. The van der Waals surface area contributed by atoms with Crippen molar-refractivity contribution >= 4 is 11.9 Å². The maximum atomic E-state index is 12.5. The van der Waals surface area contributed by atoms with Crippen LogP contribution in [0.25, 0.3) is 0 Å². The van der Waals surface area contributed by atoms with Crippen molar-refractivity contribution in [2.75, 3.05) is 20.2 Å². The zero-order valence-corrected chi connectivity index (χ0v) is 13.2. The van der Waals surface area contributed by atoms with Crippen LogP contribution in [0.15, 0.2) is 24.3 Å². The van der Waals surface area contributed by atoms with E-state index >= 15 is 0 Å². The van der Waals surface area contributed by atoms with Gasteiger partial charge in [-0.1, -0.05) is 37.5 Å². The van der Waals surface area contributed by atoms with E-state index in [1.54, 1.807) is 4.90 Å². The predicted octanol–water partition coefficient (Wildman–Crippen LogP) is 3.19. The lowest BCUT2D eigenvalue weighted by Crippen LogP contribution is -2.34. The summed E-state index contributed by atoms with van der Waals surface area (Å²) in [6, 6.07) is 7.53. The molecule has 1 aromatic carbocycles. The lowest BCUT2D eigenvalue weighted by atomic mass is 10.1. The van der Waals surface area contributed by atoms with E-state index in [1.807, 2.05) is 31.2 Å². The van der Waals surface area contributed by atoms with Gasteiger partial charge in [0.05, 0.1) is 13.5 Å². The number of esters is 1. The zero-order valence-electron chi connectivity index (χ0n) is 13.2. The highest BCUT2D eigenvalue weighted by molar-refractivity contribution is 5.94. The van der Waals surface area contributed by atoms with Crippen molar-refractivity contribution < 1.29 is 14.3 Å². The van der Waals surface area contributed by atoms with Crippen LogP contribution in [0.4, 0.5) is 0 Å². The molecule has 0 fully saturated rings. The molecule has 1 rings (SSSR count). The number of nitrogens with zero attached hydrogens (tertiary/aromatic N) is 1. The number of hydrogen-bond acceptors (Lipinski definition) is 3. The lowest BCUT2D eigenvalue weighted by molar-refractivity contribution is -0.140. The number of aryl methyl sites for hydroxylation is 1. The fraction of sp³-hybridized carbons (Fsp3) is 0.529. The number of rotatable bonds is 8. The van der Waals surface area contributed by atoms with Gasteiger partial charge in [0.1, 0.15) is 0 Å². The molecular formula is C17H25NO3. The second-order valence-corrected chi connectivity index (χ2v) is 5.19. The number of unbranched alkanes of at least 4 members (excludes halogenated alkanes) is 2. The first-order chi connectivity index (χ1) is 10.1. The Kier molecular flexibility index (Phi) is 7.51. The van der Waals surface area contributed by atoms with Gasteiger partial charge in [-0.2, -0.15) is 0 Å². The van der Waals surface area contributed by atoms with Crippen LogP contribution in [0.1, 0.15) is 48.5 Å². The Morgan fingerprint density at radius 3 is 2.33 bits per heavy atom. The summed E-state index contributed by atoms with van der Waals surface area (Å²) in [4.78, 5) is 25.6. The van der Waals surface area contributed by atoms with Crippen molar-refractivity contribution in [3.8, 4) is 0 Å². The van der Waals surface area contributed by atoms with Gasteiger partial charge in [0.15, 0.2) is 0 Å². The SMILES string of the molecule is CCCCCN(CCC(=O)OC)C(=O)c1ccc(C)cc1. The normalized spacial score (nSPS) is 10.2. The van der Waals surface area contributed by atoms with Gasteiger partial charge in [-0.15, -0.1) is 0 Å². The molecule has 0 N–H and O–H groups in total. The monoisotopic (exact) mass is 291 g/mol. The van der Waals surface area contributed by atoms with Crippen LogP contribution < -0.4 is 0 Å². The average molecular weight is 291 g/mol. The molecule has 0 atom stereocenters. The highest BCUT2D eigenvalue weighted by Gasteiger charge is 2.16. The van der Waals surface area contributed by atoms with Gasteiger partial charge in [-0.3, -0.25) is 9.59 Å². The first-order valence-electron chi connectivity index (χ1n) is 7.51. The fourth-order valence-corrected chi connectivity index (χ4v) is 2.07. The van der Waals surface area contributed by atoms with Crippen LogP contribution in [0.5, 0.6) is 0 Å². The molecular weight excluding hydrogens is 266 g/mol. The number of ether oxygens (including phenoxy) is 1. The van der Waals surface area contributed by atoms with Gasteiger partial charge in [0.25, 0.3) is 5.91 Å². The zero-order chi connectivity index (χ0) is 15.7. The molecule has 4 nitrogen and oxygen atoms in total. The van der Waals surface area contributed by atoms with Crippen LogP contribution in [0.2, 0.25) is 0 Å². The van der Waals surface area contributed by atoms with Gasteiger partial charge in [0.2, 0.25) is 0 Å². The number of benzene rings is 1. The van der Waals surface area contributed by atoms with E-state index in [4.69, 9.17) is 0 Å². The number of carbonyl (C=O) groups excluding carboxylic acids is 2. The summed E-state index contributed by atoms with van der Waals surface area (Å²) in [6.07, 6.45) is 3.37. The van der Waals surface area contributed by atoms with Crippen LogP contribution >= 0.6 is 0 Å². The molecule has 0 aliphatic rings. The average Bonchev–Trinajstić information content (AvgIpc) is 2.50. The van der Waals surface area contributed by atoms with Crippen molar-refractivity contribution in [1.29, 1.82) is 0 Å². The second kappa shape index (κ2) is 9.16. The quantitative estimate of drug-likeness (QED) is 0.546. The molecule has 0 aliphatic carbocycles. The van der Waals surface area contributed by atoms with E-state index in [9.17, 15) is 9.59 Å². The van der Waals surface area contributed by atoms with Crippen molar-refractivity contribution in [2.24, 2.45) is 0 Å². The molecule has 1 aromatic rings. The number of carbonyl (C=O) groups is 2. The fourth-order valence-electron chi connectivity index (χ4n) is 2.07. The first kappa shape index (κ1) is 17.2. The topological polar surface area (TPSA) is 46.6 Å². The first-order valence-corrected chi connectivity index (χ1v) is 7.51. The number of amides is 1. The van der Waals surface area contributed by atoms with E-state index in [1.165, 1.54) is 7.11 Å². The molecule has 0 saturated carbocycles. The van der Waals surface area contributed by atoms with Crippen LogP contribution in [-0.2, 0) is 9.53 Å². The van der Waals surface area contributed by atoms with Crippen molar-refractivity contribution in [1.82, 2.24) is 4.90 Å². The molecule has 0 radical (unpaired) electrons.